The van der Waals surface area contributed by atoms with E-state index >= 15 is 0 Å². The van der Waals surface area contributed by atoms with E-state index in [1.54, 1.807) is 4.90 Å². The first-order valence-corrected chi connectivity index (χ1v) is 5.90. The van der Waals surface area contributed by atoms with Gasteiger partial charge in [0.2, 0.25) is 0 Å². The fourth-order valence-corrected chi connectivity index (χ4v) is 1.54. The molecule has 0 aliphatic rings. The molecule has 0 saturated heterocycles. The van der Waals surface area contributed by atoms with Gasteiger partial charge in [0.1, 0.15) is 0 Å². The lowest BCUT2D eigenvalue weighted by Gasteiger charge is -2.21. The van der Waals surface area contributed by atoms with E-state index in [9.17, 15) is 4.79 Å². The third-order valence-electron chi connectivity index (χ3n) is 2.45. The summed E-state index contributed by atoms with van der Waals surface area (Å²) < 4.78 is 0. The number of nitrogens with zero attached hydrogens (tertiary/aromatic N) is 1. The van der Waals surface area contributed by atoms with E-state index in [1.807, 2.05) is 38.1 Å². The van der Waals surface area contributed by atoms with Crippen LogP contribution in [-0.2, 0) is 0 Å². The van der Waals surface area contributed by atoms with Crippen LogP contribution in [0.1, 0.15) is 18.9 Å². The molecule has 0 fully saturated rings. The number of aryl methyl sites for hydroxylation is 1. The Hall–Kier alpha value is -1.55. The monoisotopic (exact) mass is 236 g/mol. The molecule has 0 atom stereocenters. The summed E-state index contributed by atoms with van der Waals surface area (Å²) in [5.74, 6) is 0. The van der Waals surface area contributed by atoms with Gasteiger partial charge >= 0.3 is 6.03 Å². The van der Waals surface area contributed by atoms with Crippen LogP contribution >= 0.6 is 0 Å². The first-order valence-electron chi connectivity index (χ1n) is 5.90. The summed E-state index contributed by atoms with van der Waals surface area (Å²) in [4.78, 5) is 13.5. The molecule has 1 rings (SSSR count). The molecule has 94 valence electrons. The molecule has 2 N–H and O–H groups in total. The van der Waals surface area contributed by atoms with Crippen molar-refractivity contribution < 1.29 is 9.90 Å². The highest BCUT2D eigenvalue weighted by molar-refractivity contribution is 5.89. The van der Waals surface area contributed by atoms with Crippen molar-refractivity contribution in [3.8, 4) is 0 Å². The van der Waals surface area contributed by atoms with Gasteiger partial charge in [0.05, 0.1) is 6.61 Å². The van der Waals surface area contributed by atoms with Gasteiger partial charge in [0.25, 0.3) is 0 Å². The standard InChI is InChI=1S/C13H20N2O2/c1-3-8-15(9-10-16)13(17)14-12-6-4-11(2)5-7-12/h4-7,16H,3,8-10H2,1-2H3,(H,14,17). The lowest BCUT2D eigenvalue weighted by Crippen LogP contribution is -2.37. The average Bonchev–Trinajstić information content (AvgIpc) is 2.32. The highest BCUT2D eigenvalue weighted by atomic mass is 16.3. The molecule has 0 heterocycles. The maximum Gasteiger partial charge on any atom is 0.321 e. The quantitative estimate of drug-likeness (QED) is 0.823. The summed E-state index contributed by atoms with van der Waals surface area (Å²) in [5.41, 5.74) is 1.93. The third kappa shape index (κ3) is 4.44. The number of amides is 2. The zero-order chi connectivity index (χ0) is 12.7. The van der Waals surface area contributed by atoms with Gasteiger partial charge in [-0.05, 0) is 25.5 Å². The Morgan fingerprint density at radius 2 is 1.94 bits per heavy atom. The molecule has 17 heavy (non-hydrogen) atoms. The van der Waals surface area contributed by atoms with Crippen LogP contribution in [0, 0.1) is 6.92 Å². The predicted molar refractivity (Wildman–Crippen MR) is 69.1 cm³/mol. The first-order chi connectivity index (χ1) is 8.17. The molecule has 1 aromatic rings. The first kappa shape index (κ1) is 13.5. The summed E-state index contributed by atoms with van der Waals surface area (Å²) in [6, 6.07) is 7.48. The fraction of sp³-hybridized carbons (Fsp3) is 0.462. The summed E-state index contributed by atoms with van der Waals surface area (Å²) in [5, 5.41) is 11.7. The van der Waals surface area contributed by atoms with Gasteiger partial charge in [-0.3, -0.25) is 0 Å². The number of benzene rings is 1. The second-order valence-electron chi connectivity index (χ2n) is 4.01. The van der Waals surface area contributed by atoms with E-state index in [2.05, 4.69) is 5.32 Å². The molecule has 0 unspecified atom stereocenters. The van der Waals surface area contributed by atoms with E-state index in [0.29, 0.717) is 13.1 Å². The summed E-state index contributed by atoms with van der Waals surface area (Å²) in [6.45, 7) is 5.01. The SMILES string of the molecule is CCCN(CCO)C(=O)Nc1ccc(C)cc1. The average molecular weight is 236 g/mol. The van der Waals surface area contributed by atoms with Crippen LogP contribution < -0.4 is 5.32 Å². The normalized spacial score (nSPS) is 10.1. The number of carbonyl (C=O) groups excluding carboxylic acids is 1. The van der Waals surface area contributed by atoms with E-state index in [4.69, 9.17) is 5.11 Å². The highest BCUT2D eigenvalue weighted by Crippen LogP contribution is 2.09. The number of anilines is 1. The minimum atomic E-state index is -0.162. The molecule has 1 aromatic carbocycles. The Morgan fingerprint density at radius 3 is 2.47 bits per heavy atom. The second-order valence-corrected chi connectivity index (χ2v) is 4.01. The van der Waals surface area contributed by atoms with Crippen molar-refractivity contribution in [1.29, 1.82) is 0 Å². The van der Waals surface area contributed by atoms with Crippen molar-refractivity contribution in [2.45, 2.75) is 20.3 Å². The molecule has 0 spiro atoms. The summed E-state index contributed by atoms with van der Waals surface area (Å²) >= 11 is 0. The number of carbonyl (C=O) groups is 1. The van der Waals surface area contributed by atoms with Crippen LogP contribution in [0.4, 0.5) is 10.5 Å². The molecule has 2 amide bonds. The second kappa shape index (κ2) is 6.91. The van der Waals surface area contributed by atoms with Gasteiger partial charge in [-0.1, -0.05) is 24.6 Å². The molecule has 0 aliphatic carbocycles. The van der Waals surface area contributed by atoms with E-state index in [0.717, 1.165) is 17.7 Å². The van der Waals surface area contributed by atoms with Crippen molar-refractivity contribution in [3.63, 3.8) is 0 Å². The van der Waals surface area contributed by atoms with E-state index in [-0.39, 0.29) is 12.6 Å². The van der Waals surface area contributed by atoms with Crippen LogP contribution in [0.15, 0.2) is 24.3 Å². The zero-order valence-electron chi connectivity index (χ0n) is 10.4. The van der Waals surface area contributed by atoms with Crippen molar-refractivity contribution in [3.05, 3.63) is 29.8 Å². The zero-order valence-corrected chi connectivity index (χ0v) is 10.4. The van der Waals surface area contributed by atoms with Gasteiger partial charge in [0, 0.05) is 18.8 Å². The minimum Gasteiger partial charge on any atom is -0.395 e. The number of nitrogens with one attached hydrogen (secondary N) is 1. The maximum atomic E-state index is 11.9. The largest absolute Gasteiger partial charge is 0.395 e. The Morgan fingerprint density at radius 1 is 1.29 bits per heavy atom. The molecule has 0 aromatic heterocycles. The van der Waals surface area contributed by atoms with Gasteiger partial charge < -0.3 is 15.3 Å². The molecule has 0 saturated carbocycles. The van der Waals surface area contributed by atoms with Crippen molar-refractivity contribution >= 4 is 11.7 Å². The topological polar surface area (TPSA) is 52.6 Å². The molecule has 4 heteroatoms. The number of hydrogen-bond acceptors (Lipinski definition) is 2. The minimum absolute atomic E-state index is 0.0126. The Balaban J connectivity index is 2.59. The Kier molecular flexibility index (Phi) is 5.49. The van der Waals surface area contributed by atoms with Crippen molar-refractivity contribution in [2.75, 3.05) is 25.0 Å². The fourth-order valence-electron chi connectivity index (χ4n) is 1.54. The third-order valence-corrected chi connectivity index (χ3v) is 2.45. The molecule has 0 aliphatic heterocycles. The molecular weight excluding hydrogens is 216 g/mol. The Bertz CT molecular complexity index is 343. The number of hydrogen-bond donors (Lipinski definition) is 2. The lowest BCUT2D eigenvalue weighted by atomic mass is 10.2. The molecule has 0 bridgehead atoms. The van der Waals surface area contributed by atoms with Gasteiger partial charge in [-0.2, -0.15) is 0 Å². The smallest absolute Gasteiger partial charge is 0.321 e. The highest BCUT2D eigenvalue weighted by Gasteiger charge is 2.11. The van der Waals surface area contributed by atoms with E-state index in [1.165, 1.54) is 0 Å². The lowest BCUT2D eigenvalue weighted by molar-refractivity contribution is 0.188. The maximum absolute atomic E-state index is 11.9. The van der Waals surface area contributed by atoms with E-state index < -0.39 is 0 Å². The van der Waals surface area contributed by atoms with Crippen molar-refractivity contribution in [1.82, 2.24) is 4.90 Å². The predicted octanol–water partition coefficient (Wildman–Crippen LogP) is 2.23. The molecule has 0 radical (unpaired) electrons. The van der Waals surface area contributed by atoms with Gasteiger partial charge in [-0.25, -0.2) is 4.79 Å². The molecule has 4 nitrogen and oxygen atoms in total. The molecular formula is C13H20N2O2. The Labute approximate surface area is 102 Å². The van der Waals surface area contributed by atoms with Gasteiger partial charge in [0.15, 0.2) is 0 Å². The number of aliphatic hydroxyl groups is 1. The van der Waals surface area contributed by atoms with Gasteiger partial charge in [-0.15, -0.1) is 0 Å². The van der Waals surface area contributed by atoms with Crippen molar-refractivity contribution in [2.24, 2.45) is 0 Å². The number of rotatable bonds is 5. The van der Waals surface area contributed by atoms with Crippen LogP contribution in [0.5, 0.6) is 0 Å². The number of aliphatic hydroxyl groups excluding tert-OH is 1. The van der Waals surface area contributed by atoms with Crippen LogP contribution in [-0.4, -0.2) is 35.7 Å². The number of urea groups is 1. The van der Waals surface area contributed by atoms with Crippen LogP contribution in [0.3, 0.4) is 0 Å². The summed E-state index contributed by atoms with van der Waals surface area (Å²) in [6.07, 6.45) is 0.876. The summed E-state index contributed by atoms with van der Waals surface area (Å²) in [7, 11) is 0. The van der Waals surface area contributed by atoms with Crippen LogP contribution in [0.2, 0.25) is 0 Å². The van der Waals surface area contributed by atoms with Crippen LogP contribution in [0.25, 0.3) is 0 Å².